The van der Waals surface area contributed by atoms with Gasteiger partial charge in [0.15, 0.2) is 0 Å². The Morgan fingerprint density at radius 1 is 0.579 bits per heavy atom. The van der Waals surface area contributed by atoms with Gasteiger partial charge in [-0.2, -0.15) is 0 Å². The van der Waals surface area contributed by atoms with Gasteiger partial charge in [-0.05, 0) is 0 Å². The van der Waals surface area contributed by atoms with Crippen LogP contribution in [-0.4, -0.2) is 8.07 Å². The van der Waals surface area contributed by atoms with E-state index < -0.39 is 29.2 Å². The zero-order valence-electron chi connectivity index (χ0n) is 21.1. The Morgan fingerprint density at radius 3 is 1.39 bits per heavy atom. The van der Waals surface area contributed by atoms with Crippen LogP contribution in [0.5, 0.6) is 11.5 Å². The van der Waals surface area contributed by atoms with E-state index in [-0.39, 0.29) is 18.9 Å². The average Bonchev–Trinajstić information content (AvgIpc) is 3.52. The maximum absolute atomic E-state index is 14.0. The molecule has 2 nitrogen and oxygen atoms in total. The predicted molar refractivity (Wildman–Crippen MR) is 146 cm³/mol. The molecule has 38 heavy (non-hydrogen) atoms. The van der Waals surface area contributed by atoms with Gasteiger partial charge in [0.1, 0.15) is 0 Å². The molecule has 7 rings (SSSR count). The van der Waals surface area contributed by atoms with E-state index in [2.05, 4.69) is 73.8 Å². The molecule has 0 spiro atoms. The minimum absolute atomic E-state index is 0.00517. The van der Waals surface area contributed by atoms with Crippen molar-refractivity contribution in [3.05, 3.63) is 141 Å². The van der Waals surface area contributed by atoms with Gasteiger partial charge in [0.05, 0.1) is 0 Å². The van der Waals surface area contributed by atoms with Crippen molar-refractivity contribution >= 4 is 20.2 Å². The summed E-state index contributed by atoms with van der Waals surface area (Å²) in [7, 11) is -2.09. The van der Waals surface area contributed by atoms with Gasteiger partial charge < -0.3 is 0 Å². The van der Waals surface area contributed by atoms with E-state index in [4.69, 9.17) is 5.63 Å². The van der Waals surface area contributed by atoms with Crippen molar-refractivity contribution in [2.75, 3.05) is 0 Å². The number of hydrogen-bond acceptors (Lipinski definition) is 2. The topological polar surface area (TPSA) is 18.5 Å². The van der Waals surface area contributed by atoms with Crippen LogP contribution in [0.3, 0.4) is 0 Å². The van der Waals surface area contributed by atoms with Crippen LogP contribution in [0.25, 0.3) is 12.2 Å². The van der Waals surface area contributed by atoms with Gasteiger partial charge in [0, 0.05) is 0 Å². The van der Waals surface area contributed by atoms with E-state index in [1.165, 1.54) is 56.9 Å². The molecule has 188 valence electrons. The zero-order valence-corrected chi connectivity index (χ0v) is 24.6. The first-order valence-electron chi connectivity index (χ1n) is 12.9. The Morgan fingerprint density at radius 2 is 0.974 bits per heavy atom. The third-order valence-electron chi connectivity index (χ3n) is 8.29. The van der Waals surface area contributed by atoms with Crippen molar-refractivity contribution in [1.29, 1.82) is 0 Å². The molecule has 6 heteroatoms. The van der Waals surface area contributed by atoms with Crippen molar-refractivity contribution in [1.82, 2.24) is 0 Å². The molecule has 4 aromatic carbocycles. The average molecular weight is 600 g/mol. The monoisotopic (exact) mass is 598 g/mol. The van der Waals surface area contributed by atoms with Crippen LogP contribution in [0.1, 0.15) is 29.5 Å². The standard InChI is InChI=1S/C20H18Si.2C6H5FO.Zr/c1-21(2,19-11-15-7-3-4-8-16(15)12-19)20-13-17-9-5-6-10-18(17)14-20;2*7-5-1-3-6(8)4-2-5;/h3-14H,1-2H3;2*1-4,8H;/q;;;+2/p-2. The quantitative estimate of drug-likeness (QED) is 0.219. The molecule has 3 aliphatic rings. The Bertz CT molecular complexity index is 1510. The van der Waals surface area contributed by atoms with E-state index >= 15 is 0 Å². The Labute approximate surface area is 227 Å². The third kappa shape index (κ3) is 3.57. The zero-order chi connectivity index (χ0) is 26.1. The fourth-order valence-corrected chi connectivity index (χ4v) is 27.9. The van der Waals surface area contributed by atoms with Crippen LogP contribution in [0.4, 0.5) is 8.78 Å². The van der Waals surface area contributed by atoms with Gasteiger partial charge in [0.2, 0.25) is 0 Å². The van der Waals surface area contributed by atoms with E-state index in [1.54, 1.807) is 24.3 Å². The molecule has 4 aromatic rings. The van der Waals surface area contributed by atoms with Crippen LogP contribution in [0, 0.1) is 11.6 Å². The number of hydrogen-bond donors (Lipinski definition) is 0. The molecule has 2 aliphatic carbocycles. The van der Waals surface area contributed by atoms with Gasteiger partial charge >= 0.3 is 229 Å². The number of halogens is 2. The molecule has 0 N–H and O–H groups in total. The molecular weight excluding hydrogens is 574 g/mol. The molecule has 0 aromatic heterocycles. The SMILES string of the molecule is C[Si]1(C)C2=Cc3ccccc3[CH]2[Zr]([O]c2ccc(F)cc2)([O]c2ccc(F)cc2)[CH]2C1=Cc1ccccc12. The number of benzene rings is 4. The fourth-order valence-electron chi connectivity index (χ4n) is 6.56. The fraction of sp³-hybridized carbons (Fsp3) is 0.125. The molecule has 1 saturated heterocycles. The summed E-state index contributed by atoms with van der Waals surface area (Å²) in [5, 5.41) is 2.85. The number of fused-ring (bicyclic) bond motifs is 6. The van der Waals surface area contributed by atoms with Crippen LogP contribution < -0.4 is 5.63 Å². The molecule has 0 amide bonds. The molecule has 2 atom stereocenters. The van der Waals surface area contributed by atoms with Crippen molar-refractivity contribution in [3.8, 4) is 11.5 Å². The van der Waals surface area contributed by atoms with Crippen molar-refractivity contribution in [3.63, 3.8) is 0 Å². The van der Waals surface area contributed by atoms with E-state index in [9.17, 15) is 8.78 Å². The maximum atomic E-state index is 14.0. The summed E-state index contributed by atoms with van der Waals surface area (Å²) in [6.07, 6.45) is 4.75. The van der Waals surface area contributed by atoms with Crippen LogP contribution in [0.15, 0.2) is 107 Å². The Balaban J connectivity index is 1.53. The molecule has 1 aliphatic heterocycles. The van der Waals surface area contributed by atoms with Crippen LogP contribution in [0.2, 0.25) is 13.1 Å². The number of rotatable bonds is 4. The normalized spacial score (nSPS) is 21.4. The second-order valence-corrected chi connectivity index (χ2v) is 22.6. The first kappa shape index (κ1) is 24.0. The summed E-state index contributed by atoms with van der Waals surface area (Å²) in [5.74, 6) is 0.602. The summed E-state index contributed by atoms with van der Waals surface area (Å²) in [6.45, 7) is 4.88. The summed E-state index contributed by atoms with van der Waals surface area (Å²) in [4.78, 5) is 0. The Hall–Kier alpha value is -3.08. The molecular formula is C32H26F2O2SiZr. The second kappa shape index (κ2) is 8.72. The van der Waals surface area contributed by atoms with Gasteiger partial charge in [-0.25, -0.2) is 0 Å². The third-order valence-corrected chi connectivity index (χ3v) is 23.2. The molecule has 0 bridgehead atoms. The van der Waals surface area contributed by atoms with E-state index in [0.717, 1.165) is 0 Å². The van der Waals surface area contributed by atoms with E-state index in [1.807, 2.05) is 0 Å². The molecule has 1 fully saturated rings. The van der Waals surface area contributed by atoms with Crippen LogP contribution in [-0.2, 0) is 21.1 Å². The summed E-state index contributed by atoms with van der Waals surface area (Å²) >= 11 is -4.51. The van der Waals surface area contributed by atoms with E-state index in [0.29, 0.717) is 11.5 Å². The first-order valence-corrected chi connectivity index (χ1v) is 20.7. The van der Waals surface area contributed by atoms with Gasteiger partial charge in [0.25, 0.3) is 0 Å². The Kier molecular flexibility index (Phi) is 5.51. The molecule has 0 saturated carbocycles. The number of allylic oxidation sites excluding steroid dienone is 2. The van der Waals surface area contributed by atoms with Gasteiger partial charge in [-0.3, -0.25) is 0 Å². The van der Waals surface area contributed by atoms with Gasteiger partial charge in [-0.15, -0.1) is 0 Å². The molecule has 2 unspecified atom stereocenters. The molecule has 1 heterocycles. The van der Waals surface area contributed by atoms with Crippen molar-refractivity contribution in [2.24, 2.45) is 0 Å². The molecule has 0 radical (unpaired) electrons. The van der Waals surface area contributed by atoms with Crippen molar-refractivity contribution < 1.29 is 35.6 Å². The second-order valence-electron chi connectivity index (χ2n) is 10.8. The summed E-state index contributed by atoms with van der Waals surface area (Å²) < 4.78 is 42.4. The van der Waals surface area contributed by atoms with Crippen molar-refractivity contribution in [2.45, 2.75) is 20.3 Å². The van der Waals surface area contributed by atoms with Gasteiger partial charge in [-0.1, -0.05) is 0 Å². The predicted octanol–water partition coefficient (Wildman–Crippen LogP) is 8.48. The summed E-state index contributed by atoms with van der Waals surface area (Å²) in [6, 6.07) is 29.7. The first-order chi connectivity index (χ1) is 18.4. The van der Waals surface area contributed by atoms with Crippen LogP contribution >= 0.6 is 0 Å². The minimum atomic E-state index is -4.51. The summed E-state index contributed by atoms with van der Waals surface area (Å²) in [5.41, 5.74) is 4.92.